The van der Waals surface area contributed by atoms with Crippen LogP contribution in [0.5, 0.6) is 0 Å². The van der Waals surface area contributed by atoms with Gasteiger partial charge in [0.2, 0.25) is 15.9 Å². The minimum Gasteiger partial charge on any atom is -0.325 e. The van der Waals surface area contributed by atoms with Crippen LogP contribution in [0.3, 0.4) is 0 Å². The van der Waals surface area contributed by atoms with Gasteiger partial charge in [-0.1, -0.05) is 32.0 Å². The SMILES string of the molecule is CC(C)c1ccc(S(=O)(=O)N2CCN(CC(=O)Nc3cccc(C(F)(F)F)c3)CC2)cc1. The molecule has 1 fully saturated rings. The average molecular weight is 470 g/mol. The summed E-state index contributed by atoms with van der Waals surface area (Å²) in [6, 6.07) is 11.3. The van der Waals surface area contributed by atoms with Crippen molar-refractivity contribution in [2.75, 3.05) is 38.0 Å². The van der Waals surface area contributed by atoms with Gasteiger partial charge in [0, 0.05) is 31.9 Å². The molecule has 0 atom stereocenters. The fourth-order valence-electron chi connectivity index (χ4n) is 3.48. The zero-order valence-electron chi connectivity index (χ0n) is 17.9. The third-order valence-corrected chi connectivity index (χ3v) is 7.27. The molecule has 2 aromatic rings. The normalized spacial score (nSPS) is 16.3. The lowest BCUT2D eigenvalue weighted by atomic mass is 10.0. The molecule has 0 saturated carbocycles. The Hall–Kier alpha value is -2.43. The van der Waals surface area contributed by atoms with Gasteiger partial charge in [0.1, 0.15) is 0 Å². The maximum Gasteiger partial charge on any atom is 0.416 e. The Morgan fingerprint density at radius 2 is 1.66 bits per heavy atom. The molecule has 1 amide bonds. The predicted octanol–water partition coefficient (Wildman–Crippen LogP) is 3.77. The minimum absolute atomic E-state index is 0.0345. The van der Waals surface area contributed by atoms with E-state index in [4.69, 9.17) is 0 Å². The van der Waals surface area contributed by atoms with Crippen LogP contribution < -0.4 is 5.32 Å². The van der Waals surface area contributed by atoms with E-state index in [1.807, 2.05) is 26.0 Å². The van der Waals surface area contributed by atoms with Crippen molar-refractivity contribution in [2.45, 2.75) is 30.8 Å². The summed E-state index contributed by atoms with van der Waals surface area (Å²) in [5.74, 6) is -0.151. The Kier molecular flexibility index (Phi) is 7.26. The van der Waals surface area contributed by atoms with Gasteiger partial charge >= 0.3 is 6.18 Å². The van der Waals surface area contributed by atoms with Gasteiger partial charge < -0.3 is 5.32 Å². The first-order valence-electron chi connectivity index (χ1n) is 10.3. The number of halogens is 3. The third-order valence-electron chi connectivity index (χ3n) is 5.36. The molecule has 1 aliphatic heterocycles. The molecule has 1 heterocycles. The summed E-state index contributed by atoms with van der Waals surface area (Å²) in [6.07, 6.45) is -4.49. The van der Waals surface area contributed by atoms with Crippen molar-refractivity contribution in [3.63, 3.8) is 0 Å². The van der Waals surface area contributed by atoms with E-state index in [0.29, 0.717) is 19.0 Å². The number of amides is 1. The highest BCUT2D eigenvalue weighted by Crippen LogP contribution is 2.30. The van der Waals surface area contributed by atoms with Crippen molar-refractivity contribution in [2.24, 2.45) is 0 Å². The molecule has 2 aromatic carbocycles. The quantitative estimate of drug-likeness (QED) is 0.699. The van der Waals surface area contributed by atoms with Crippen LogP contribution in [0.4, 0.5) is 18.9 Å². The summed E-state index contributed by atoms with van der Waals surface area (Å²) in [7, 11) is -3.62. The number of benzene rings is 2. The monoisotopic (exact) mass is 469 g/mol. The lowest BCUT2D eigenvalue weighted by Gasteiger charge is -2.33. The number of hydrogen-bond donors (Lipinski definition) is 1. The van der Waals surface area contributed by atoms with Gasteiger partial charge in [0.05, 0.1) is 17.0 Å². The fraction of sp³-hybridized carbons (Fsp3) is 0.409. The van der Waals surface area contributed by atoms with E-state index in [1.165, 1.54) is 16.4 Å². The number of sulfonamides is 1. The zero-order valence-corrected chi connectivity index (χ0v) is 18.7. The Labute approximate surface area is 186 Å². The van der Waals surface area contributed by atoms with E-state index in [2.05, 4.69) is 5.32 Å². The van der Waals surface area contributed by atoms with Gasteiger partial charge in [-0.25, -0.2) is 8.42 Å². The molecule has 0 aliphatic carbocycles. The molecular weight excluding hydrogens is 443 g/mol. The smallest absolute Gasteiger partial charge is 0.325 e. The molecule has 0 aromatic heterocycles. The van der Waals surface area contributed by atoms with Gasteiger partial charge in [-0.2, -0.15) is 17.5 Å². The number of hydrogen-bond acceptors (Lipinski definition) is 4. The molecule has 32 heavy (non-hydrogen) atoms. The summed E-state index contributed by atoms with van der Waals surface area (Å²) in [6.45, 7) is 5.18. The van der Waals surface area contributed by atoms with E-state index in [9.17, 15) is 26.4 Å². The molecule has 0 unspecified atom stereocenters. The minimum atomic E-state index is -4.49. The first-order valence-corrected chi connectivity index (χ1v) is 11.7. The van der Waals surface area contributed by atoms with Crippen molar-refractivity contribution in [1.29, 1.82) is 0 Å². The second-order valence-corrected chi connectivity index (χ2v) is 9.97. The first-order chi connectivity index (χ1) is 15.0. The Balaban J connectivity index is 1.55. The zero-order chi connectivity index (χ0) is 23.5. The highest BCUT2D eigenvalue weighted by molar-refractivity contribution is 7.89. The topological polar surface area (TPSA) is 69.7 Å². The van der Waals surface area contributed by atoms with Crippen LogP contribution in [0.15, 0.2) is 53.4 Å². The largest absolute Gasteiger partial charge is 0.416 e. The van der Waals surface area contributed by atoms with Crippen molar-refractivity contribution >= 4 is 21.6 Å². The summed E-state index contributed by atoms with van der Waals surface area (Å²) in [5.41, 5.74) is 0.284. The Morgan fingerprint density at radius 3 is 2.22 bits per heavy atom. The van der Waals surface area contributed by atoms with E-state index < -0.39 is 27.7 Å². The molecule has 0 spiro atoms. The van der Waals surface area contributed by atoms with Gasteiger partial charge in [-0.3, -0.25) is 9.69 Å². The highest BCUT2D eigenvalue weighted by Gasteiger charge is 2.31. The number of piperazine rings is 1. The van der Waals surface area contributed by atoms with Crippen molar-refractivity contribution in [1.82, 2.24) is 9.21 Å². The van der Waals surface area contributed by atoms with Gasteiger partial charge in [0.15, 0.2) is 0 Å². The van der Waals surface area contributed by atoms with Crippen LogP contribution in [-0.4, -0.2) is 56.3 Å². The molecule has 3 rings (SSSR count). The molecule has 174 valence electrons. The molecule has 1 N–H and O–H groups in total. The third kappa shape index (κ3) is 5.87. The standard InChI is InChI=1S/C22H26F3N3O3S/c1-16(2)17-6-8-20(9-7-17)32(30,31)28-12-10-27(11-13-28)15-21(29)26-19-5-3-4-18(14-19)22(23,24)25/h3-9,14,16H,10-13,15H2,1-2H3,(H,26,29). The van der Waals surface area contributed by atoms with Crippen LogP contribution in [-0.2, 0) is 21.0 Å². The predicted molar refractivity (Wildman–Crippen MR) is 116 cm³/mol. The molecule has 0 radical (unpaired) electrons. The van der Waals surface area contributed by atoms with Crippen molar-refractivity contribution < 1.29 is 26.4 Å². The number of anilines is 1. The second-order valence-electron chi connectivity index (χ2n) is 8.03. The first kappa shape index (κ1) is 24.2. The van der Waals surface area contributed by atoms with E-state index in [1.54, 1.807) is 17.0 Å². The summed E-state index contributed by atoms with van der Waals surface area (Å²) < 4.78 is 65.6. The maximum absolute atomic E-state index is 12.9. The van der Waals surface area contributed by atoms with Crippen LogP contribution in [0, 0.1) is 0 Å². The number of carbonyl (C=O) groups excluding carboxylic acids is 1. The number of rotatable bonds is 6. The number of carbonyl (C=O) groups is 1. The molecule has 1 saturated heterocycles. The number of nitrogens with one attached hydrogen (secondary N) is 1. The van der Waals surface area contributed by atoms with E-state index in [-0.39, 0.29) is 30.2 Å². The fourth-order valence-corrected chi connectivity index (χ4v) is 4.90. The van der Waals surface area contributed by atoms with E-state index in [0.717, 1.165) is 17.7 Å². The van der Waals surface area contributed by atoms with Crippen molar-refractivity contribution in [3.8, 4) is 0 Å². The van der Waals surface area contributed by atoms with Gasteiger partial charge in [0.25, 0.3) is 0 Å². The van der Waals surface area contributed by atoms with Gasteiger partial charge in [-0.05, 0) is 41.8 Å². The molecule has 6 nitrogen and oxygen atoms in total. The van der Waals surface area contributed by atoms with Gasteiger partial charge in [-0.15, -0.1) is 0 Å². The molecule has 1 aliphatic rings. The van der Waals surface area contributed by atoms with Crippen LogP contribution >= 0.6 is 0 Å². The van der Waals surface area contributed by atoms with Crippen LogP contribution in [0.25, 0.3) is 0 Å². The van der Waals surface area contributed by atoms with Crippen LogP contribution in [0.1, 0.15) is 30.9 Å². The molecule has 10 heteroatoms. The Bertz CT molecular complexity index is 1050. The lowest BCUT2D eigenvalue weighted by molar-refractivity contribution is -0.137. The lowest BCUT2D eigenvalue weighted by Crippen LogP contribution is -2.50. The Morgan fingerprint density at radius 1 is 1.03 bits per heavy atom. The van der Waals surface area contributed by atoms with Crippen LogP contribution in [0.2, 0.25) is 0 Å². The average Bonchev–Trinajstić information content (AvgIpc) is 2.73. The number of alkyl halides is 3. The maximum atomic E-state index is 12.9. The summed E-state index contributed by atoms with van der Waals surface area (Å²) >= 11 is 0. The molecule has 0 bridgehead atoms. The second kappa shape index (κ2) is 9.60. The number of nitrogens with zero attached hydrogens (tertiary/aromatic N) is 2. The summed E-state index contributed by atoms with van der Waals surface area (Å²) in [4.78, 5) is 14.3. The highest BCUT2D eigenvalue weighted by atomic mass is 32.2. The molecular formula is C22H26F3N3O3S. The summed E-state index contributed by atoms with van der Waals surface area (Å²) in [5, 5.41) is 2.47. The van der Waals surface area contributed by atoms with Crippen molar-refractivity contribution in [3.05, 3.63) is 59.7 Å². The van der Waals surface area contributed by atoms with E-state index >= 15 is 0 Å².